The number of hydrogen-bond donors (Lipinski definition) is 0. The quantitative estimate of drug-likeness (QED) is 0.186. The molecule has 7 aromatic carbocycles. The van der Waals surface area contributed by atoms with Crippen LogP contribution in [0.1, 0.15) is 25.0 Å². The Bertz CT molecular complexity index is 2480. The minimum atomic E-state index is -3.08. The lowest BCUT2D eigenvalue weighted by Crippen LogP contribution is -2.26. The van der Waals surface area contributed by atoms with E-state index < -0.39 is 7.14 Å². The highest BCUT2D eigenvalue weighted by Gasteiger charge is 2.38. The standard InChI is InChI=1S/C43H31O2P/c1-43(2)38-26-30(29-19-23-40-37(25-29)42-34-16-10-9-11-28(34)18-24-41(42)45-40)17-21-35(38)36-22-20-33(27-39(36)43)46(44,31-12-5-3-6-13-31)32-14-7-4-8-15-32/h3-27H,1-2H3. The number of benzene rings is 7. The van der Waals surface area contributed by atoms with E-state index in [0.29, 0.717) is 0 Å². The maximum Gasteiger partial charge on any atom is 0.171 e. The first-order valence-corrected chi connectivity index (χ1v) is 17.5. The molecule has 9 rings (SSSR count). The zero-order valence-corrected chi connectivity index (χ0v) is 26.6. The van der Waals surface area contributed by atoms with Crippen LogP contribution in [0.4, 0.5) is 0 Å². The van der Waals surface area contributed by atoms with Crippen molar-refractivity contribution in [1.82, 2.24) is 0 Å². The minimum absolute atomic E-state index is 0.266. The number of fused-ring (bicyclic) bond motifs is 8. The van der Waals surface area contributed by atoms with Crippen LogP contribution in [0.25, 0.3) is 55.0 Å². The third kappa shape index (κ3) is 3.87. The Labute approximate surface area is 268 Å². The van der Waals surface area contributed by atoms with Gasteiger partial charge in [-0.2, -0.15) is 0 Å². The molecular weight excluding hydrogens is 579 g/mol. The Morgan fingerprint density at radius 2 is 1.09 bits per heavy atom. The van der Waals surface area contributed by atoms with E-state index >= 15 is 4.57 Å². The second-order valence-corrected chi connectivity index (χ2v) is 15.6. The first-order valence-electron chi connectivity index (χ1n) is 15.8. The highest BCUT2D eigenvalue weighted by molar-refractivity contribution is 7.85. The van der Waals surface area contributed by atoms with Gasteiger partial charge in [0.05, 0.1) is 0 Å². The zero-order chi connectivity index (χ0) is 31.0. The lowest BCUT2D eigenvalue weighted by atomic mass is 9.81. The summed E-state index contributed by atoms with van der Waals surface area (Å²) in [7, 11) is -3.08. The molecule has 0 aliphatic heterocycles. The van der Waals surface area contributed by atoms with E-state index in [1.165, 1.54) is 38.6 Å². The molecular formula is C43H31O2P. The van der Waals surface area contributed by atoms with Crippen molar-refractivity contribution in [2.75, 3.05) is 0 Å². The molecule has 0 fully saturated rings. The van der Waals surface area contributed by atoms with Gasteiger partial charge in [0.25, 0.3) is 0 Å². The molecule has 220 valence electrons. The number of furan rings is 1. The third-order valence-corrected chi connectivity index (χ3v) is 13.0. The molecule has 0 bridgehead atoms. The predicted octanol–water partition coefficient (Wildman–Crippen LogP) is 10.4. The van der Waals surface area contributed by atoms with E-state index in [1.807, 2.05) is 60.7 Å². The molecule has 1 aliphatic carbocycles. The van der Waals surface area contributed by atoms with Gasteiger partial charge < -0.3 is 8.98 Å². The molecule has 0 amide bonds. The second-order valence-electron chi connectivity index (χ2n) is 12.9. The monoisotopic (exact) mass is 610 g/mol. The van der Waals surface area contributed by atoms with Crippen molar-refractivity contribution >= 4 is 55.8 Å². The molecule has 2 nitrogen and oxygen atoms in total. The fourth-order valence-corrected chi connectivity index (χ4v) is 10.2. The Hall–Kier alpha value is -5.17. The number of hydrogen-bond acceptors (Lipinski definition) is 2. The van der Waals surface area contributed by atoms with Crippen LogP contribution in [-0.4, -0.2) is 0 Å². The molecule has 1 aliphatic rings. The van der Waals surface area contributed by atoms with Crippen molar-refractivity contribution in [3.63, 3.8) is 0 Å². The maximum atomic E-state index is 15.2. The average Bonchev–Trinajstić information content (AvgIpc) is 3.60. The van der Waals surface area contributed by atoms with Crippen LogP contribution in [-0.2, 0) is 9.98 Å². The molecule has 0 saturated carbocycles. The van der Waals surface area contributed by atoms with Crippen molar-refractivity contribution in [2.24, 2.45) is 0 Å². The minimum Gasteiger partial charge on any atom is -0.456 e. The van der Waals surface area contributed by atoms with Gasteiger partial charge in [-0.1, -0.05) is 135 Å². The lowest BCUT2D eigenvalue weighted by molar-refractivity contribution is 0.592. The maximum absolute atomic E-state index is 15.2. The van der Waals surface area contributed by atoms with E-state index in [9.17, 15) is 0 Å². The van der Waals surface area contributed by atoms with Gasteiger partial charge in [-0.3, -0.25) is 0 Å². The molecule has 0 spiro atoms. The van der Waals surface area contributed by atoms with Crippen molar-refractivity contribution < 1.29 is 8.98 Å². The van der Waals surface area contributed by atoms with Gasteiger partial charge in [0.1, 0.15) is 11.2 Å². The predicted molar refractivity (Wildman–Crippen MR) is 194 cm³/mol. The van der Waals surface area contributed by atoms with E-state index in [-0.39, 0.29) is 5.41 Å². The Kier molecular flexibility index (Phi) is 5.85. The summed E-state index contributed by atoms with van der Waals surface area (Å²) >= 11 is 0. The van der Waals surface area contributed by atoms with Gasteiger partial charge in [0, 0.05) is 32.1 Å². The van der Waals surface area contributed by atoms with Gasteiger partial charge in [-0.25, -0.2) is 0 Å². The highest BCUT2D eigenvalue weighted by Crippen LogP contribution is 2.52. The molecule has 1 heterocycles. The summed E-state index contributed by atoms with van der Waals surface area (Å²) in [5, 5.41) is 7.30. The Balaban J connectivity index is 1.17. The smallest absolute Gasteiger partial charge is 0.171 e. The zero-order valence-electron chi connectivity index (χ0n) is 25.7. The van der Waals surface area contributed by atoms with Crippen LogP contribution in [0.2, 0.25) is 0 Å². The molecule has 8 aromatic rings. The van der Waals surface area contributed by atoms with Gasteiger partial charge in [-0.15, -0.1) is 0 Å². The lowest BCUT2D eigenvalue weighted by Gasteiger charge is -2.25. The Morgan fingerprint density at radius 3 is 1.83 bits per heavy atom. The summed E-state index contributed by atoms with van der Waals surface area (Å²) in [6, 6.07) is 52.4. The van der Waals surface area contributed by atoms with Crippen molar-refractivity contribution in [3.05, 3.63) is 163 Å². The van der Waals surface area contributed by atoms with Gasteiger partial charge in [0.15, 0.2) is 7.14 Å². The number of rotatable bonds is 4. The SMILES string of the molecule is CC1(C)c2cc(-c3ccc4oc5ccc6ccccc6c5c4c3)ccc2-c2ccc(P(=O)(c3ccccc3)c3ccccc3)cc21. The summed E-state index contributed by atoms with van der Waals surface area (Å²) in [6.07, 6.45) is 0. The van der Waals surface area contributed by atoms with Gasteiger partial charge in [-0.05, 0) is 74.5 Å². The van der Waals surface area contributed by atoms with Crippen LogP contribution in [0.5, 0.6) is 0 Å². The van der Waals surface area contributed by atoms with Crippen molar-refractivity contribution in [1.29, 1.82) is 0 Å². The fraction of sp³-hybridized carbons (Fsp3) is 0.0698. The topological polar surface area (TPSA) is 30.2 Å². The molecule has 46 heavy (non-hydrogen) atoms. The van der Waals surface area contributed by atoms with E-state index in [2.05, 4.69) is 105 Å². The highest BCUT2D eigenvalue weighted by atomic mass is 31.2. The fourth-order valence-electron chi connectivity index (χ4n) is 7.55. The molecule has 0 atom stereocenters. The Morgan fingerprint density at radius 1 is 0.500 bits per heavy atom. The van der Waals surface area contributed by atoms with E-state index in [0.717, 1.165) is 43.4 Å². The van der Waals surface area contributed by atoms with Gasteiger partial charge in [0.2, 0.25) is 0 Å². The summed E-state index contributed by atoms with van der Waals surface area (Å²) in [5.74, 6) is 0. The third-order valence-electron chi connectivity index (χ3n) is 9.96. The van der Waals surface area contributed by atoms with Crippen LogP contribution in [0, 0.1) is 0 Å². The molecule has 3 heteroatoms. The van der Waals surface area contributed by atoms with E-state index in [4.69, 9.17) is 4.42 Å². The summed E-state index contributed by atoms with van der Waals surface area (Å²) in [5.41, 5.74) is 8.84. The van der Waals surface area contributed by atoms with E-state index in [1.54, 1.807) is 0 Å². The average molecular weight is 611 g/mol. The van der Waals surface area contributed by atoms with Crippen LogP contribution in [0.3, 0.4) is 0 Å². The molecule has 0 N–H and O–H groups in total. The van der Waals surface area contributed by atoms with Crippen molar-refractivity contribution in [3.8, 4) is 22.3 Å². The molecule has 0 unspecified atom stereocenters. The summed E-state index contributed by atoms with van der Waals surface area (Å²) in [6.45, 7) is 4.58. The van der Waals surface area contributed by atoms with Crippen LogP contribution >= 0.6 is 7.14 Å². The largest absolute Gasteiger partial charge is 0.456 e. The molecule has 1 aromatic heterocycles. The normalized spacial score (nSPS) is 13.7. The first-order chi connectivity index (χ1) is 22.4. The summed E-state index contributed by atoms with van der Waals surface area (Å²) < 4.78 is 21.5. The van der Waals surface area contributed by atoms with Crippen molar-refractivity contribution in [2.45, 2.75) is 19.3 Å². The molecule has 0 radical (unpaired) electrons. The first kappa shape index (κ1) is 27.2. The van der Waals surface area contributed by atoms with Crippen LogP contribution < -0.4 is 15.9 Å². The van der Waals surface area contributed by atoms with Crippen LogP contribution in [0.15, 0.2) is 156 Å². The second kappa shape index (κ2) is 9.91. The van der Waals surface area contributed by atoms with Gasteiger partial charge >= 0.3 is 0 Å². The molecule has 0 saturated heterocycles. The summed E-state index contributed by atoms with van der Waals surface area (Å²) in [4.78, 5) is 0.